The zero-order valence-corrected chi connectivity index (χ0v) is 8.72. The molecule has 5 heteroatoms. The Bertz CT molecular complexity index is 347. The van der Waals surface area contributed by atoms with Crippen LogP contribution < -0.4 is 9.64 Å². The van der Waals surface area contributed by atoms with Crippen LogP contribution >= 0.6 is 0 Å². The standard InChI is InChI=1S/C10H12F3NO/c1-14(2)7-4-5-9(15-3)8(6-7)10(11,12)13/h4-6H,1-3H3. The second-order valence-corrected chi connectivity index (χ2v) is 3.28. The van der Waals surface area contributed by atoms with Crippen molar-refractivity contribution in [2.75, 3.05) is 26.1 Å². The van der Waals surface area contributed by atoms with E-state index >= 15 is 0 Å². The van der Waals surface area contributed by atoms with Gasteiger partial charge in [0.1, 0.15) is 5.75 Å². The summed E-state index contributed by atoms with van der Waals surface area (Å²) in [5.41, 5.74) is -0.265. The summed E-state index contributed by atoms with van der Waals surface area (Å²) in [4.78, 5) is 1.61. The summed E-state index contributed by atoms with van der Waals surface area (Å²) in [5.74, 6) is -0.159. The average molecular weight is 219 g/mol. The molecule has 1 aromatic carbocycles. The summed E-state index contributed by atoms with van der Waals surface area (Å²) in [6.07, 6.45) is -4.39. The zero-order chi connectivity index (χ0) is 11.6. The number of hydrogen-bond acceptors (Lipinski definition) is 2. The quantitative estimate of drug-likeness (QED) is 0.758. The number of halogens is 3. The molecular formula is C10H12F3NO. The molecule has 0 N–H and O–H groups in total. The molecule has 0 bridgehead atoms. The normalized spacial score (nSPS) is 11.3. The zero-order valence-electron chi connectivity index (χ0n) is 8.72. The van der Waals surface area contributed by atoms with Gasteiger partial charge >= 0.3 is 6.18 Å². The van der Waals surface area contributed by atoms with E-state index in [4.69, 9.17) is 0 Å². The molecule has 0 amide bonds. The fraction of sp³-hybridized carbons (Fsp3) is 0.400. The van der Waals surface area contributed by atoms with Crippen LogP contribution in [-0.2, 0) is 6.18 Å². The lowest BCUT2D eigenvalue weighted by Crippen LogP contribution is -2.12. The Morgan fingerprint density at radius 2 is 1.80 bits per heavy atom. The van der Waals surface area contributed by atoms with Gasteiger partial charge in [-0.05, 0) is 18.2 Å². The number of benzene rings is 1. The van der Waals surface area contributed by atoms with Crippen molar-refractivity contribution in [2.24, 2.45) is 0 Å². The Morgan fingerprint density at radius 3 is 2.20 bits per heavy atom. The Balaban J connectivity index is 3.26. The van der Waals surface area contributed by atoms with E-state index in [-0.39, 0.29) is 5.75 Å². The first-order valence-corrected chi connectivity index (χ1v) is 4.29. The van der Waals surface area contributed by atoms with Crippen LogP contribution in [0.25, 0.3) is 0 Å². The topological polar surface area (TPSA) is 12.5 Å². The molecule has 0 saturated heterocycles. The van der Waals surface area contributed by atoms with Crippen molar-refractivity contribution < 1.29 is 17.9 Å². The van der Waals surface area contributed by atoms with E-state index in [2.05, 4.69) is 4.74 Å². The van der Waals surface area contributed by atoms with Crippen molar-refractivity contribution in [1.82, 2.24) is 0 Å². The summed E-state index contributed by atoms with van der Waals surface area (Å²) in [5, 5.41) is 0. The summed E-state index contributed by atoms with van der Waals surface area (Å²) in [6, 6.07) is 3.96. The minimum absolute atomic E-state index is 0.159. The van der Waals surface area contributed by atoms with Crippen LogP contribution in [0.15, 0.2) is 18.2 Å². The number of ether oxygens (including phenoxy) is 1. The largest absolute Gasteiger partial charge is 0.496 e. The molecule has 1 aromatic rings. The van der Waals surface area contributed by atoms with E-state index in [1.807, 2.05) is 0 Å². The van der Waals surface area contributed by atoms with E-state index in [1.165, 1.54) is 13.2 Å². The lowest BCUT2D eigenvalue weighted by molar-refractivity contribution is -0.138. The Kier molecular flexibility index (Phi) is 3.12. The number of nitrogens with zero attached hydrogens (tertiary/aromatic N) is 1. The first kappa shape index (κ1) is 11.7. The highest BCUT2D eigenvalue weighted by Crippen LogP contribution is 2.38. The SMILES string of the molecule is COc1ccc(N(C)C)cc1C(F)(F)F. The Labute approximate surface area is 86.3 Å². The van der Waals surface area contributed by atoms with E-state index < -0.39 is 11.7 Å². The number of rotatable bonds is 2. The van der Waals surface area contributed by atoms with E-state index in [0.29, 0.717) is 5.69 Å². The molecule has 0 unspecified atom stereocenters. The van der Waals surface area contributed by atoms with Crippen molar-refractivity contribution in [3.05, 3.63) is 23.8 Å². The fourth-order valence-electron chi connectivity index (χ4n) is 1.20. The molecule has 0 aromatic heterocycles. The van der Waals surface area contributed by atoms with Crippen LogP contribution in [-0.4, -0.2) is 21.2 Å². The van der Waals surface area contributed by atoms with Gasteiger partial charge in [0.05, 0.1) is 12.7 Å². The van der Waals surface area contributed by atoms with Gasteiger partial charge in [0.25, 0.3) is 0 Å². The maximum atomic E-state index is 12.6. The van der Waals surface area contributed by atoms with E-state index in [0.717, 1.165) is 6.07 Å². The van der Waals surface area contributed by atoms with Crippen LogP contribution in [0.5, 0.6) is 5.75 Å². The summed E-state index contributed by atoms with van der Waals surface area (Å²) < 4.78 is 42.4. The molecule has 0 aliphatic heterocycles. The number of alkyl halides is 3. The smallest absolute Gasteiger partial charge is 0.420 e. The first-order valence-electron chi connectivity index (χ1n) is 4.29. The Hall–Kier alpha value is -1.39. The Morgan fingerprint density at radius 1 is 1.20 bits per heavy atom. The predicted molar refractivity (Wildman–Crippen MR) is 52.3 cm³/mol. The number of anilines is 1. The summed E-state index contributed by atoms with van der Waals surface area (Å²) in [7, 11) is 4.59. The van der Waals surface area contributed by atoms with Gasteiger partial charge in [-0.2, -0.15) is 13.2 Å². The maximum absolute atomic E-state index is 12.6. The van der Waals surface area contributed by atoms with Crippen molar-refractivity contribution in [1.29, 1.82) is 0 Å². The van der Waals surface area contributed by atoms with Gasteiger partial charge in [-0.25, -0.2) is 0 Å². The molecule has 84 valence electrons. The molecule has 0 aliphatic rings. The highest BCUT2D eigenvalue weighted by molar-refractivity contribution is 5.53. The van der Waals surface area contributed by atoms with Gasteiger partial charge < -0.3 is 9.64 Å². The molecule has 0 spiro atoms. The van der Waals surface area contributed by atoms with Crippen molar-refractivity contribution in [3.63, 3.8) is 0 Å². The van der Waals surface area contributed by atoms with Gasteiger partial charge in [0.15, 0.2) is 0 Å². The molecule has 0 aliphatic carbocycles. The van der Waals surface area contributed by atoms with Crippen molar-refractivity contribution >= 4 is 5.69 Å². The predicted octanol–water partition coefficient (Wildman–Crippen LogP) is 2.78. The van der Waals surface area contributed by atoms with Crippen molar-refractivity contribution in [3.8, 4) is 5.75 Å². The highest BCUT2D eigenvalue weighted by Gasteiger charge is 2.34. The van der Waals surface area contributed by atoms with Gasteiger partial charge in [-0.1, -0.05) is 0 Å². The minimum Gasteiger partial charge on any atom is -0.496 e. The minimum atomic E-state index is -4.39. The second-order valence-electron chi connectivity index (χ2n) is 3.28. The number of hydrogen-bond donors (Lipinski definition) is 0. The molecule has 0 atom stereocenters. The molecular weight excluding hydrogens is 207 g/mol. The number of methoxy groups -OCH3 is 1. The maximum Gasteiger partial charge on any atom is 0.420 e. The van der Waals surface area contributed by atoms with Crippen molar-refractivity contribution in [2.45, 2.75) is 6.18 Å². The van der Waals surface area contributed by atoms with Gasteiger partial charge in [0.2, 0.25) is 0 Å². The molecule has 15 heavy (non-hydrogen) atoms. The van der Waals surface area contributed by atoms with E-state index in [1.54, 1.807) is 25.1 Å². The molecule has 0 heterocycles. The van der Waals surface area contributed by atoms with Crippen LogP contribution in [0.2, 0.25) is 0 Å². The fourth-order valence-corrected chi connectivity index (χ4v) is 1.20. The van der Waals surface area contributed by atoms with Crippen LogP contribution in [0, 0.1) is 0 Å². The monoisotopic (exact) mass is 219 g/mol. The lowest BCUT2D eigenvalue weighted by Gasteiger charge is -2.17. The van der Waals surface area contributed by atoms with Crippen LogP contribution in [0.1, 0.15) is 5.56 Å². The third-order valence-electron chi connectivity index (χ3n) is 2.00. The first-order chi connectivity index (χ1) is 6.86. The molecule has 1 rings (SSSR count). The van der Waals surface area contributed by atoms with Gasteiger partial charge in [-0.15, -0.1) is 0 Å². The molecule has 0 saturated carbocycles. The third kappa shape index (κ3) is 2.55. The second kappa shape index (κ2) is 4.00. The molecule has 0 fully saturated rings. The van der Waals surface area contributed by atoms with Crippen LogP contribution in [0.4, 0.5) is 18.9 Å². The van der Waals surface area contributed by atoms with E-state index in [9.17, 15) is 13.2 Å². The molecule has 2 nitrogen and oxygen atoms in total. The summed E-state index contributed by atoms with van der Waals surface area (Å²) in [6.45, 7) is 0. The van der Waals surface area contributed by atoms with Gasteiger partial charge in [-0.3, -0.25) is 0 Å². The highest BCUT2D eigenvalue weighted by atomic mass is 19.4. The molecule has 0 radical (unpaired) electrons. The van der Waals surface area contributed by atoms with Crippen LogP contribution in [0.3, 0.4) is 0 Å². The average Bonchev–Trinajstić information content (AvgIpc) is 2.15. The third-order valence-corrected chi connectivity index (χ3v) is 2.00. The lowest BCUT2D eigenvalue weighted by atomic mass is 10.1. The summed E-state index contributed by atoms with van der Waals surface area (Å²) >= 11 is 0. The van der Waals surface area contributed by atoms with Gasteiger partial charge in [0, 0.05) is 19.8 Å².